The predicted molar refractivity (Wildman–Crippen MR) is 141 cm³/mol. The average molecular weight is 504 g/mol. The SMILES string of the molecule is Cc1cc(COc2ccc(C(=O)NC3CN(C(C)C)CC3c3n[nH]c(=O)s3)cc2)c2ccccc2n1. The highest BCUT2D eigenvalue weighted by molar-refractivity contribution is 7.08. The maximum atomic E-state index is 13.1. The van der Waals surface area contributed by atoms with Gasteiger partial charge in [-0.3, -0.25) is 19.5 Å². The molecule has 1 aliphatic heterocycles. The summed E-state index contributed by atoms with van der Waals surface area (Å²) < 4.78 is 6.03. The van der Waals surface area contributed by atoms with Gasteiger partial charge in [0.2, 0.25) is 0 Å². The molecule has 36 heavy (non-hydrogen) atoms. The van der Waals surface area contributed by atoms with Crippen LogP contribution in [0.25, 0.3) is 10.9 Å². The van der Waals surface area contributed by atoms with Crippen LogP contribution in [0.2, 0.25) is 0 Å². The second-order valence-corrected chi connectivity index (χ2v) is 10.4. The van der Waals surface area contributed by atoms with Gasteiger partial charge in [0.15, 0.2) is 0 Å². The fourth-order valence-electron chi connectivity index (χ4n) is 4.68. The monoisotopic (exact) mass is 503 g/mol. The number of ether oxygens (including phenoxy) is 1. The third-order valence-electron chi connectivity index (χ3n) is 6.61. The average Bonchev–Trinajstić information content (AvgIpc) is 3.49. The minimum absolute atomic E-state index is 0.0263. The Labute approximate surface area is 213 Å². The summed E-state index contributed by atoms with van der Waals surface area (Å²) in [6.45, 7) is 8.11. The lowest BCUT2D eigenvalue weighted by atomic mass is 10.0. The first kappa shape index (κ1) is 24.1. The molecule has 0 radical (unpaired) electrons. The van der Waals surface area contributed by atoms with Crippen molar-refractivity contribution in [3.8, 4) is 5.75 Å². The zero-order valence-corrected chi connectivity index (χ0v) is 21.3. The first-order chi connectivity index (χ1) is 17.4. The number of aryl methyl sites for hydroxylation is 1. The fourth-order valence-corrected chi connectivity index (χ4v) is 5.44. The van der Waals surface area contributed by atoms with Crippen LogP contribution in [0.3, 0.4) is 0 Å². The number of pyridine rings is 1. The van der Waals surface area contributed by atoms with E-state index >= 15 is 0 Å². The van der Waals surface area contributed by atoms with Gasteiger partial charge in [0.1, 0.15) is 17.4 Å². The Morgan fingerprint density at radius 2 is 1.97 bits per heavy atom. The summed E-state index contributed by atoms with van der Waals surface area (Å²) in [6, 6.07) is 17.5. The van der Waals surface area contributed by atoms with E-state index in [0.717, 1.165) is 45.0 Å². The van der Waals surface area contributed by atoms with E-state index in [1.54, 1.807) is 12.1 Å². The van der Waals surface area contributed by atoms with Crippen molar-refractivity contribution in [1.29, 1.82) is 0 Å². The Balaban J connectivity index is 1.25. The molecule has 3 heterocycles. The molecule has 0 bridgehead atoms. The Hall–Kier alpha value is -3.56. The molecule has 8 nitrogen and oxygen atoms in total. The van der Waals surface area contributed by atoms with E-state index in [1.807, 2.05) is 49.4 Å². The molecule has 2 aromatic carbocycles. The van der Waals surface area contributed by atoms with Crippen LogP contribution < -0.4 is 14.9 Å². The third-order valence-corrected chi connectivity index (χ3v) is 7.49. The molecule has 2 atom stereocenters. The maximum Gasteiger partial charge on any atom is 0.322 e. The van der Waals surface area contributed by atoms with E-state index in [0.29, 0.717) is 30.5 Å². The van der Waals surface area contributed by atoms with Crippen molar-refractivity contribution in [1.82, 2.24) is 25.4 Å². The number of H-pyrrole nitrogens is 1. The van der Waals surface area contributed by atoms with E-state index in [9.17, 15) is 9.59 Å². The van der Waals surface area contributed by atoms with Crippen molar-refractivity contribution in [3.05, 3.63) is 86.1 Å². The smallest absolute Gasteiger partial charge is 0.322 e. The zero-order chi connectivity index (χ0) is 25.2. The van der Waals surface area contributed by atoms with Crippen LogP contribution in [-0.2, 0) is 6.61 Å². The standard InChI is InChI=1S/C27H29N5O3S/c1-16(2)32-13-22(26-30-31-27(34)36-26)24(14-32)29-25(33)18-8-10-20(11-9-18)35-15-19-12-17(3)28-23-7-5-4-6-21(19)23/h4-12,16,22,24H,13-15H2,1-3H3,(H,29,33)(H,31,34). The highest BCUT2D eigenvalue weighted by Gasteiger charge is 2.38. The first-order valence-corrected chi connectivity index (χ1v) is 12.9. The molecule has 1 fully saturated rings. The molecule has 4 aromatic rings. The number of benzene rings is 2. The van der Waals surface area contributed by atoms with Crippen molar-refractivity contribution in [2.75, 3.05) is 13.1 Å². The number of carbonyl (C=O) groups excluding carboxylic acids is 1. The van der Waals surface area contributed by atoms with Crippen LogP contribution >= 0.6 is 11.3 Å². The van der Waals surface area contributed by atoms with Crippen LogP contribution in [-0.4, -0.2) is 51.2 Å². The predicted octanol–water partition coefficient (Wildman–Crippen LogP) is 3.87. The van der Waals surface area contributed by atoms with Crippen LogP contribution in [0.15, 0.2) is 59.4 Å². The van der Waals surface area contributed by atoms with Gasteiger partial charge >= 0.3 is 4.87 Å². The number of para-hydroxylation sites is 1. The molecule has 5 rings (SSSR count). The van der Waals surface area contributed by atoms with Crippen molar-refractivity contribution in [2.24, 2.45) is 0 Å². The molecule has 2 aromatic heterocycles. The molecule has 0 saturated carbocycles. The summed E-state index contributed by atoms with van der Waals surface area (Å²) in [7, 11) is 0. The Morgan fingerprint density at radius 3 is 2.69 bits per heavy atom. The minimum atomic E-state index is -0.177. The molecule has 2 N–H and O–H groups in total. The van der Waals surface area contributed by atoms with Crippen LogP contribution in [0.5, 0.6) is 5.75 Å². The maximum absolute atomic E-state index is 13.1. The van der Waals surface area contributed by atoms with Crippen LogP contribution in [0.1, 0.15) is 46.4 Å². The van der Waals surface area contributed by atoms with E-state index in [4.69, 9.17) is 4.74 Å². The van der Waals surface area contributed by atoms with Gasteiger partial charge < -0.3 is 10.1 Å². The molecule has 0 spiro atoms. The topological polar surface area (TPSA) is 100 Å². The minimum Gasteiger partial charge on any atom is -0.489 e. The molecule has 1 aliphatic rings. The van der Waals surface area contributed by atoms with Crippen molar-refractivity contribution >= 4 is 28.1 Å². The molecular formula is C27H29N5O3S. The van der Waals surface area contributed by atoms with Gasteiger partial charge in [-0.1, -0.05) is 29.5 Å². The fraction of sp³-hybridized carbons (Fsp3) is 0.333. The van der Waals surface area contributed by atoms with Crippen LogP contribution in [0, 0.1) is 6.92 Å². The van der Waals surface area contributed by atoms with E-state index < -0.39 is 0 Å². The summed E-state index contributed by atoms with van der Waals surface area (Å²) in [4.78, 5) is 31.4. The number of hydrogen-bond donors (Lipinski definition) is 2. The second kappa shape index (κ2) is 10.2. The first-order valence-electron chi connectivity index (χ1n) is 12.1. The van der Waals surface area contributed by atoms with Crippen LogP contribution in [0.4, 0.5) is 0 Å². The summed E-state index contributed by atoms with van der Waals surface area (Å²) in [6.07, 6.45) is 0. The van der Waals surface area contributed by atoms with Gasteiger partial charge in [0.25, 0.3) is 5.91 Å². The molecule has 9 heteroatoms. The van der Waals surface area contributed by atoms with Gasteiger partial charge in [-0.25, -0.2) is 5.10 Å². The Morgan fingerprint density at radius 1 is 1.19 bits per heavy atom. The lowest BCUT2D eigenvalue weighted by Gasteiger charge is -2.20. The van der Waals surface area contributed by atoms with E-state index in [-0.39, 0.29) is 22.7 Å². The number of carbonyl (C=O) groups is 1. The van der Waals surface area contributed by atoms with E-state index in [2.05, 4.69) is 39.2 Å². The number of nitrogens with zero attached hydrogens (tertiary/aromatic N) is 3. The number of aromatic nitrogens is 3. The summed E-state index contributed by atoms with van der Waals surface area (Å²) in [5, 5.41) is 11.7. The highest BCUT2D eigenvalue weighted by atomic mass is 32.1. The number of likely N-dealkylation sites (tertiary alicyclic amines) is 1. The molecule has 1 saturated heterocycles. The van der Waals surface area contributed by atoms with Gasteiger partial charge in [-0.05, 0) is 57.2 Å². The number of hydrogen-bond acceptors (Lipinski definition) is 7. The molecule has 0 aliphatic carbocycles. The Kier molecular flexibility index (Phi) is 6.84. The van der Waals surface area contributed by atoms with E-state index in [1.165, 1.54) is 0 Å². The molecule has 186 valence electrons. The summed E-state index contributed by atoms with van der Waals surface area (Å²) in [5.41, 5.74) is 3.53. The van der Waals surface area contributed by atoms with Crippen molar-refractivity contribution < 1.29 is 9.53 Å². The van der Waals surface area contributed by atoms with Crippen molar-refractivity contribution in [2.45, 2.75) is 45.4 Å². The lowest BCUT2D eigenvalue weighted by Crippen LogP contribution is -2.40. The van der Waals surface area contributed by atoms with Gasteiger partial charge in [0, 0.05) is 47.3 Å². The molecule has 1 amide bonds. The normalized spacial score (nSPS) is 18.1. The van der Waals surface area contributed by atoms with Gasteiger partial charge in [-0.15, -0.1) is 0 Å². The van der Waals surface area contributed by atoms with Gasteiger partial charge in [0.05, 0.1) is 11.6 Å². The summed E-state index contributed by atoms with van der Waals surface area (Å²) in [5.74, 6) is 0.512. The largest absolute Gasteiger partial charge is 0.489 e. The molecular weight excluding hydrogens is 474 g/mol. The van der Waals surface area contributed by atoms with Crippen molar-refractivity contribution in [3.63, 3.8) is 0 Å². The quantitative estimate of drug-likeness (QED) is 0.397. The second-order valence-electron chi connectivity index (χ2n) is 9.44. The lowest BCUT2D eigenvalue weighted by molar-refractivity contribution is 0.0934. The molecule has 2 unspecified atom stereocenters. The Bertz CT molecular complexity index is 1430. The highest BCUT2D eigenvalue weighted by Crippen LogP contribution is 2.29. The summed E-state index contributed by atoms with van der Waals surface area (Å²) >= 11 is 1.11. The number of nitrogens with one attached hydrogen (secondary N) is 2. The number of aromatic amines is 1. The number of fused-ring (bicyclic) bond motifs is 1. The van der Waals surface area contributed by atoms with Gasteiger partial charge in [-0.2, -0.15) is 5.10 Å². The number of amides is 1. The number of rotatable bonds is 7. The zero-order valence-electron chi connectivity index (χ0n) is 20.5. The third kappa shape index (κ3) is 5.17.